The normalized spacial score (nSPS) is 24.0. The Bertz CT molecular complexity index is 420. The summed E-state index contributed by atoms with van der Waals surface area (Å²) in [6.07, 6.45) is -2.86. The van der Waals surface area contributed by atoms with Crippen molar-refractivity contribution in [3.05, 3.63) is 24.3 Å². The molecule has 0 amide bonds. The molecule has 1 aromatic carbocycles. The highest BCUT2D eigenvalue weighted by Gasteiger charge is 2.33. The average molecular weight is 276 g/mol. The summed E-state index contributed by atoms with van der Waals surface area (Å²) < 4.78 is 46.1. The molecule has 6 heteroatoms. The first kappa shape index (κ1) is 14.0. The third kappa shape index (κ3) is 4.02. The van der Waals surface area contributed by atoms with Gasteiger partial charge in [-0.1, -0.05) is 18.6 Å². The van der Waals surface area contributed by atoms with Crippen LogP contribution in [-0.2, 0) is 0 Å². The van der Waals surface area contributed by atoms with Crippen LogP contribution in [0.1, 0.15) is 25.7 Å². The van der Waals surface area contributed by atoms with E-state index >= 15 is 0 Å². The van der Waals surface area contributed by atoms with Gasteiger partial charge in [-0.25, -0.2) is 0 Å². The van der Waals surface area contributed by atoms with Crippen LogP contribution >= 0.6 is 0 Å². The van der Waals surface area contributed by atoms with Crippen molar-refractivity contribution in [2.45, 2.75) is 44.3 Å². The minimum absolute atomic E-state index is 0.00535. The molecule has 1 aromatic rings. The Kier molecular flexibility index (Phi) is 4.19. The van der Waals surface area contributed by atoms with E-state index in [4.69, 9.17) is 4.74 Å². The molecular formula is C13H15F3O3. The van der Waals surface area contributed by atoms with E-state index in [1.165, 1.54) is 18.2 Å². The van der Waals surface area contributed by atoms with Gasteiger partial charge in [-0.3, -0.25) is 0 Å². The Morgan fingerprint density at radius 2 is 1.68 bits per heavy atom. The van der Waals surface area contributed by atoms with Gasteiger partial charge in [0.1, 0.15) is 6.10 Å². The molecule has 2 atom stereocenters. The molecule has 1 saturated carbocycles. The van der Waals surface area contributed by atoms with E-state index in [1.807, 2.05) is 0 Å². The second kappa shape index (κ2) is 5.69. The molecular weight excluding hydrogens is 261 g/mol. The number of halogens is 3. The van der Waals surface area contributed by atoms with Crippen molar-refractivity contribution in [3.63, 3.8) is 0 Å². The molecule has 2 unspecified atom stereocenters. The van der Waals surface area contributed by atoms with Crippen molar-refractivity contribution in [2.24, 2.45) is 0 Å². The van der Waals surface area contributed by atoms with Gasteiger partial charge in [-0.2, -0.15) is 0 Å². The monoisotopic (exact) mass is 276 g/mol. The predicted octanol–water partition coefficient (Wildman–Crippen LogP) is 3.27. The van der Waals surface area contributed by atoms with Gasteiger partial charge in [0, 0.05) is 0 Å². The second-order valence-corrected chi connectivity index (χ2v) is 4.50. The number of alkyl halides is 3. The van der Waals surface area contributed by atoms with Crippen molar-refractivity contribution in [3.8, 4) is 11.5 Å². The van der Waals surface area contributed by atoms with E-state index in [0.717, 1.165) is 12.8 Å². The summed E-state index contributed by atoms with van der Waals surface area (Å²) in [5, 5.41) is 9.77. The van der Waals surface area contributed by atoms with Gasteiger partial charge in [-0.05, 0) is 31.4 Å². The molecule has 0 aliphatic heterocycles. The van der Waals surface area contributed by atoms with Crippen molar-refractivity contribution < 1.29 is 27.8 Å². The van der Waals surface area contributed by atoms with E-state index in [1.54, 1.807) is 6.07 Å². The molecule has 0 aromatic heterocycles. The minimum Gasteiger partial charge on any atom is -0.484 e. The molecule has 0 heterocycles. The predicted molar refractivity (Wildman–Crippen MR) is 62.0 cm³/mol. The topological polar surface area (TPSA) is 38.7 Å². The van der Waals surface area contributed by atoms with E-state index in [0.29, 0.717) is 12.8 Å². The van der Waals surface area contributed by atoms with Gasteiger partial charge in [-0.15, -0.1) is 13.2 Å². The standard InChI is InChI=1S/C13H15F3O3/c14-13(15,16)19-12-8-4-3-7-11(12)18-10-6-2-1-5-9(10)17/h3-4,7-10,17H,1-2,5-6H2. The number of aliphatic hydroxyl groups is 1. The SMILES string of the molecule is OC1CCCCC1Oc1ccccc1OC(F)(F)F. The first-order chi connectivity index (χ1) is 8.96. The fourth-order valence-corrected chi connectivity index (χ4v) is 2.13. The average Bonchev–Trinajstić information content (AvgIpc) is 2.33. The third-order valence-corrected chi connectivity index (χ3v) is 3.02. The number of para-hydroxylation sites is 2. The van der Waals surface area contributed by atoms with E-state index in [-0.39, 0.29) is 11.5 Å². The molecule has 0 saturated heterocycles. The number of hydrogen-bond acceptors (Lipinski definition) is 3. The maximum absolute atomic E-state index is 12.2. The summed E-state index contributed by atoms with van der Waals surface area (Å²) in [7, 11) is 0. The van der Waals surface area contributed by atoms with E-state index in [9.17, 15) is 18.3 Å². The molecule has 19 heavy (non-hydrogen) atoms. The lowest BCUT2D eigenvalue weighted by molar-refractivity contribution is -0.275. The summed E-state index contributed by atoms with van der Waals surface area (Å²) in [6, 6.07) is 5.60. The maximum Gasteiger partial charge on any atom is 0.573 e. The first-order valence-corrected chi connectivity index (χ1v) is 6.15. The Hall–Kier alpha value is -1.43. The minimum atomic E-state index is -4.76. The summed E-state index contributed by atoms with van der Waals surface area (Å²) in [5.41, 5.74) is 0. The Balaban J connectivity index is 2.11. The van der Waals surface area contributed by atoms with Gasteiger partial charge in [0.15, 0.2) is 11.5 Å². The van der Waals surface area contributed by atoms with Crippen molar-refractivity contribution in [1.29, 1.82) is 0 Å². The Labute approximate surface area is 108 Å². The van der Waals surface area contributed by atoms with Crippen LogP contribution in [0.4, 0.5) is 13.2 Å². The molecule has 2 rings (SSSR count). The summed E-state index contributed by atoms with van der Waals surface area (Å²) in [4.78, 5) is 0. The van der Waals surface area contributed by atoms with Crippen LogP contribution in [0, 0.1) is 0 Å². The van der Waals surface area contributed by atoms with Gasteiger partial charge in [0.2, 0.25) is 0 Å². The van der Waals surface area contributed by atoms with Crippen molar-refractivity contribution in [1.82, 2.24) is 0 Å². The van der Waals surface area contributed by atoms with Crippen LogP contribution in [0.3, 0.4) is 0 Å². The zero-order valence-corrected chi connectivity index (χ0v) is 10.2. The number of benzene rings is 1. The molecule has 1 fully saturated rings. The van der Waals surface area contributed by atoms with Crippen LogP contribution in [-0.4, -0.2) is 23.7 Å². The quantitative estimate of drug-likeness (QED) is 0.920. The molecule has 0 spiro atoms. The van der Waals surface area contributed by atoms with E-state index < -0.39 is 18.6 Å². The summed E-state index contributed by atoms with van der Waals surface area (Å²) in [5.74, 6) is -0.376. The molecule has 0 radical (unpaired) electrons. The van der Waals surface area contributed by atoms with Gasteiger partial charge < -0.3 is 14.6 Å². The zero-order chi connectivity index (χ0) is 13.9. The second-order valence-electron chi connectivity index (χ2n) is 4.50. The lowest BCUT2D eigenvalue weighted by Crippen LogP contribution is -2.34. The largest absolute Gasteiger partial charge is 0.573 e. The molecule has 3 nitrogen and oxygen atoms in total. The Morgan fingerprint density at radius 1 is 1.05 bits per heavy atom. The maximum atomic E-state index is 12.2. The highest BCUT2D eigenvalue weighted by Crippen LogP contribution is 2.34. The fourth-order valence-electron chi connectivity index (χ4n) is 2.13. The van der Waals surface area contributed by atoms with Crippen LogP contribution in [0.5, 0.6) is 11.5 Å². The molecule has 0 bridgehead atoms. The van der Waals surface area contributed by atoms with Crippen LogP contribution in [0.2, 0.25) is 0 Å². The zero-order valence-electron chi connectivity index (χ0n) is 10.2. The van der Waals surface area contributed by atoms with Gasteiger partial charge >= 0.3 is 6.36 Å². The lowest BCUT2D eigenvalue weighted by Gasteiger charge is -2.28. The number of ether oxygens (including phenoxy) is 2. The first-order valence-electron chi connectivity index (χ1n) is 6.15. The fraction of sp³-hybridized carbons (Fsp3) is 0.538. The number of hydrogen-bond donors (Lipinski definition) is 1. The summed E-state index contributed by atoms with van der Waals surface area (Å²) in [6.45, 7) is 0. The van der Waals surface area contributed by atoms with Gasteiger partial charge in [0.05, 0.1) is 6.10 Å². The van der Waals surface area contributed by atoms with Crippen LogP contribution in [0.15, 0.2) is 24.3 Å². The van der Waals surface area contributed by atoms with E-state index in [2.05, 4.69) is 4.74 Å². The smallest absolute Gasteiger partial charge is 0.484 e. The molecule has 106 valence electrons. The number of aliphatic hydroxyl groups excluding tert-OH is 1. The lowest BCUT2D eigenvalue weighted by atomic mass is 9.95. The van der Waals surface area contributed by atoms with Crippen molar-refractivity contribution in [2.75, 3.05) is 0 Å². The summed E-state index contributed by atoms with van der Waals surface area (Å²) >= 11 is 0. The highest BCUT2D eigenvalue weighted by molar-refractivity contribution is 5.39. The highest BCUT2D eigenvalue weighted by atomic mass is 19.4. The van der Waals surface area contributed by atoms with Crippen molar-refractivity contribution >= 4 is 0 Å². The van der Waals surface area contributed by atoms with Gasteiger partial charge in [0.25, 0.3) is 0 Å². The number of rotatable bonds is 3. The third-order valence-electron chi connectivity index (χ3n) is 3.02. The Morgan fingerprint density at radius 3 is 2.32 bits per heavy atom. The van der Waals surface area contributed by atoms with Crippen LogP contribution < -0.4 is 9.47 Å². The van der Waals surface area contributed by atoms with Crippen LogP contribution in [0.25, 0.3) is 0 Å². The molecule has 1 aliphatic carbocycles. The molecule has 1 aliphatic rings. The molecule has 1 N–H and O–H groups in total.